The molecule has 0 bridgehead atoms. The van der Waals surface area contributed by atoms with Gasteiger partial charge in [-0.1, -0.05) is 11.6 Å². The Balaban J connectivity index is 2.13. The van der Waals surface area contributed by atoms with Crippen molar-refractivity contribution in [3.8, 4) is 0 Å². The van der Waals surface area contributed by atoms with Gasteiger partial charge in [0.1, 0.15) is 0 Å². The molecule has 1 N–H and O–H groups in total. The Labute approximate surface area is 114 Å². The zero-order chi connectivity index (χ0) is 13.8. The Kier molecular flexibility index (Phi) is 4.34. The monoisotopic (exact) mass is 284 g/mol. The number of carbonyl (C=O) groups excluding carboxylic acids is 1. The van der Waals surface area contributed by atoms with Gasteiger partial charge in [0.15, 0.2) is 0 Å². The van der Waals surface area contributed by atoms with E-state index in [-0.39, 0.29) is 22.3 Å². The first-order chi connectivity index (χ1) is 9.08. The highest BCUT2D eigenvalue weighted by Crippen LogP contribution is 2.22. The number of nitrogens with zero attached hydrogens (tertiary/aromatic N) is 1. The molecule has 0 spiro atoms. The summed E-state index contributed by atoms with van der Waals surface area (Å²) in [5.74, 6) is -0.413. The van der Waals surface area contributed by atoms with Crippen LogP contribution in [0.15, 0.2) is 18.2 Å². The number of non-ortho nitro benzene ring substituents is 1. The van der Waals surface area contributed by atoms with Crippen LogP contribution in [-0.2, 0) is 4.74 Å². The third-order valence-electron chi connectivity index (χ3n) is 2.90. The van der Waals surface area contributed by atoms with Crippen molar-refractivity contribution in [3.05, 3.63) is 38.9 Å². The molecule has 102 valence electrons. The van der Waals surface area contributed by atoms with Crippen LogP contribution in [0.1, 0.15) is 23.2 Å². The van der Waals surface area contributed by atoms with Gasteiger partial charge < -0.3 is 10.1 Å². The number of nitrogens with one attached hydrogen (secondary N) is 1. The van der Waals surface area contributed by atoms with E-state index in [1.807, 2.05) is 0 Å². The van der Waals surface area contributed by atoms with E-state index >= 15 is 0 Å². The van der Waals surface area contributed by atoms with Crippen LogP contribution in [0.25, 0.3) is 0 Å². The molecule has 1 saturated heterocycles. The number of benzene rings is 1. The zero-order valence-corrected chi connectivity index (χ0v) is 10.9. The predicted molar refractivity (Wildman–Crippen MR) is 69.4 cm³/mol. The Hall–Kier alpha value is -1.66. The molecule has 2 rings (SSSR count). The summed E-state index contributed by atoms with van der Waals surface area (Å²) in [6.07, 6.45) is 1.71. The summed E-state index contributed by atoms with van der Waals surface area (Å²) in [4.78, 5) is 22.2. The summed E-state index contributed by atoms with van der Waals surface area (Å²) < 4.78 is 5.26. The van der Waals surface area contributed by atoms with Crippen molar-refractivity contribution in [3.63, 3.8) is 0 Å². The van der Waals surface area contributed by atoms with E-state index < -0.39 is 10.8 Å². The van der Waals surface area contributed by atoms with E-state index in [0.717, 1.165) is 12.8 Å². The van der Waals surface area contributed by atoms with Crippen molar-refractivity contribution < 1.29 is 14.5 Å². The molecular weight excluding hydrogens is 272 g/mol. The first kappa shape index (κ1) is 13.8. The lowest BCUT2D eigenvalue weighted by Gasteiger charge is -2.23. The standard InChI is InChI=1S/C12H13ClN2O4/c13-11-4-3-9(15(17)18)6-10(11)12(16)14-8-2-1-5-19-7-8/h3-4,6,8H,1-2,5,7H2,(H,14,16). The second-order valence-corrected chi connectivity index (χ2v) is 4.72. The molecule has 1 atom stereocenters. The van der Waals surface area contributed by atoms with Crippen molar-refractivity contribution in [2.24, 2.45) is 0 Å². The number of halogens is 1. The summed E-state index contributed by atoms with van der Waals surface area (Å²) in [7, 11) is 0. The topological polar surface area (TPSA) is 81.5 Å². The maximum atomic E-state index is 12.0. The van der Waals surface area contributed by atoms with Crippen LogP contribution < -0.4 is 5.32 Å². The first-order valence-corrected chi connectivity index (χ1v) is 6.28. The van der Waals surface area contributed by atoms with Crippen molar-refractivity contribution in [2.75, 3.05) is 13.2 Å². The average molecular weight is 285 g/mol. The fourth-order valence-electron chi connectivity index (χ4n) is 1.92. The number of amides is 1. The fraction of sp³-hybridized carbons (Fsp3) is 0.417. The number of hydrogen-bond donors (Lipinski definition) is 1. The molecule has 1 unspecified atom stereocenters. The lowest BCUT2D eigenvalue weighted by molar-refractivity contribution is -0.384. The maximum absolute atomic E-state index is 12.0. The molecule has 6 nitrogen and oxygen atoms in total. The highest BCUT2D eigenvalue weighted by molar-refractivity contribution is 6.33. The molecule has 1 fully saturated rings. The van der Waals surface area contributed by atoms with Crippen molar-refractivity contribution >= 4 is 23.2 Å². The Morgan fingerprint density at radius 1 is 1.53 bits per heavy atom. The predicted octanol–water partition coefficient (Wildman–Crippen LogP) is 2.16. The maximum Gasteiger partial charge on any atom is 0.270 e. The number of ether oxygens (including phenoxy) is 1. The minimum atomic E-state index is -0.559. The van der Waals surface area contributed by atoms with Crippen LogP contribution in [0.4, 0.5) is 5.69 Å². The van der Waals surface area contributed by atoms with Gasteiger partial charge in [0.2, 0.25) is 0 Å². The van der Waals surface area contributed by atoms with Crippen LogP contribution in [0, 0.1) is 10.1 Å². The highest BCUT2D eigenvalue weighted by Gasteiger charge is 2.20. The van der Waals surface area contributed by atoms with E-state index in [0.29, 0.717) is 13.2 Å². The van der Waals surface area contributed by atoms with Crippen molar-refractivity contribution in [1.82, 2.24) is 5.32 Å². The van der Waals surface area contributed by atoms with Gasteiger partial charge in [0.05, 0.1) is 28.2 Å². The third kappa shape index (κ3) is 3.42. The molecule has 1 aromatic carbocycles. The number of nitro groups is 1. The molecule has 0 saturated carbocycles. The molecule has 1 aromatic rings. The Bertz CT molecular complexity index is 501. The van der Waals surface area contributed by atoms with Gasteiger partial charge in [-0.2, -0.15) is 0 Å². The largest absolute Gasteiger partial charge is 0.379 e. The van der Waals surface area contributed by atoms with Crippen LogP contribution in [0.5, 0.6) is 0 Å². The quantitative estimate of drug-likeness (QED) is 0.681. The average Bonchev–Trinajstić information content (AvgIpc) is 2.40. The van der Waals surface area contributed by atoms with E-state index in [9.17, 15) is 14.9 Å². The van der Waals surface area contributed by atoms with E-state index in [4.69, 9.17) is 16.3 Å². The molecule has 0 radical (unpaired) electrons. The van der Waals surface area contributed by atoms with Crippen molar-refractivity contribution in [1.29, 1.82) is 0 Å². The Morgan fingerprint density at radius 2 is 2.32 bits per heavy atom. The second kappa shape index (κ2) is 5.99. The van der Waals surface area contributed by atoms with Crippen LogP contribution in [-0.4, -0.2) is 30.1 Å². The summed E-state index contributed by atoms with van der Waals surface area (Å²) >= 11 is 5.90. The number of carbonyl (C=O) groups is 1. The molecule has 0 aliphatic carbocycles. The minimum Gasteiger partial charge on any atom is -0.379 e. The van der Waals surface area contributed by atoms with Gasteiger partial charge in [0.25, 0.3) is 11.6 Å². The van der Waals surface area contributed by atoms with E-state index in [1.165, 1.54) is 18.2 Å². The van der Waals surface area contributed by atoms with Gasteiger partial charge in [-0.3, -0.25) is 14.9 Å². The highest BCUT2D eigenvalue weighted by atomic mass is 35.5. The molecule has 7 heteroatoms. The number of hydrogen-bond acceptors (Lipinski definition) is 4. The summed E-state index contributed by atoms with van der Waals surface area (Å²) in [6.45, 7) is 1.15. The van der Waals surface area contributed by atoms with Gasteiger partial charge in [-0.15, -0.1) is 0 Å². The smallest absolute Gasteiger partial charge is 0.270 e. The SMILES string of the molecule is O=C(NC1CCCOC1)c1cc([N+](=O)[O-])ccc1Cl. The summed E-state index contributed by atoms with van der Waals surface area (Å²) in [5.41, 5.74) is -0.0455. The number of rotatable bonds is 3. The lowest BCUT2D eigenvalue weighted by atomic mass is 10.1. The fourth-order valence-corrected chi connectivity index (χ4v) is 2.12. The molecule has 1 amide bonds. The molecule has 1 aliphatic heterocycles. The van der Waals surface area contributed by atoms with Crippen LogP contribution in [0.3, 0.4) is 0 Å². The van der Waals surface area contributed by atoms with Gasteiger partial charge in [-0.25, -0.2) is 0 Å². The number of nitro benzene ring substituents is 1. The summed E-state index contributed by atoms with van der Waals surface area (Å²) in [5, 5.41) is 13.7. The van der Waals surface area contributed by atoms with E-state index in [2.05, 4.69) is 5.32 Å². The van der Waals surface area contributed by atoms with Crippen molar-refractivity contribution in [2.45, 2.75) is 18.9 Å². The zero-order valence-electron chi connectivity index (χ0n) is 10.1. The third-order valence-corrected chi connectivity index (χ3v) is 3.23. The van der Waals surface area contributed by atoms with Crippen LogP contribution in [0.2, 0.25) is 5.02 Å². The molecular formula is C12H13ClN2O4. The Morgan fingerprint density at radius 3 is 2.95 bits per heavy atom. The lowest BCUT2D eigenvalue weighted by Crippen LogP contribution is -2.40. The molecule has 1 aliphatic rings. The van der Waals surface area contributed by atoms with Gasteiger partial charge in [0, 0.05) is 18.7 Å². The minimum absolute atomic E-state index is 0.0726. The molecule has 1 heterocycles. The normalized spacial score (nSPS) is 18.9. The van der Waals surface area contributed by atoms with E-state index in [1.54, 1.807) is 0 Å². The van der Waals surface area contributed by atoms with Crippen LogP contribution >= 0.6 is 11.6 Å². The first-order valence-electron chi connectivity index (χ1n) is 5.90. The molecule has 19 heavy (non-hydrogen) atoms. The van der Waals surface area contributed by atoms with Gasteiger partial charge in [-0.05, 0) is 18.9 Å². The second-order valence-electron chi connectivity index (χ2n) is 4.31. The molecule has 0 aromatic heterocycles. The summed E-state index contributed by atoms with van der Waals surface area (Å²) in [6, 6.07) is 3.73. The van der Waals surface area contributed by atoms with Gasteiger partial charge >= 0.3 is 0 Å².